The molecule has 0 aliphatic carbocycles. The predicted octanol–water partition coefficient (Wildman–Crippen LogP) is 1.38. The number of carbonyl (C=O) groups is 1. The van der Waals surface area contributed by atoms with Gasteiger partial charge in [0.1, 0.15) is 0 Å². The Balaban J connectivity index is 3.18. The van der Waals surface area contributed by atoms with Gasteiger partial charge in [-0.1, -0.05) is 0 Å². The number of nitrogens with one attached hydrogen (secondary N) is 1. The van der Waals surface area contributed by atoms with Gasteiger partial charge in [0.2, 0.25) is 0 Å². The highest BCUT2D eigenvalue weighted by Crippen LogP contribution is 2.25. The second kappa shape index (κ2) is 6.32. The zero-order valence-electron chi connectivity index (χ0n) is 10.2. The molecule has 5 heteroatoms. The second-order valence-corrected chi connectivity index (χ2v) is 3.54. The van der Waals surface area contributed by atoms with Gasteiger partial charge in [0.25, 0.3) is 0 Å². The molecule has 0 heterocycles. The first-order valence-corrected chi connectivity index (χ1v) is 5.17. The van der Waals surface area contributed by atoms with E-state index in [1.165, 1.54) is 20.3 Å². The lowest BCUT2D eigenvalue weighted by Crippen LogP contribution is -2.19. The number of methoxy groups -OCH3 is 2. The van der Waals surface area contributed by atoms with E-state index in [-0.39, 0.29) is 30.2 Å². The molecule has 0 unspecified atom stereocenters. The number of carbonyl (C=O) groups excluding carboxylic acids is 1. The Labute approximate surface area is 99.7 Å². The van der Waals surface area contributed by atoms with Crippen LogP contribution < -0.4 is 10.1 Å². The summed E-state index contributed by atoms with van der Waals surface area (Å²) in [4.78, 5) is 11.8. The molecule has 4 nitrogen and oxygen atoms in total. The molecular formula is C12H16FNO3. The number of halogens is 1. The quantitative estimate of drug-likeness (QED) is 0.764. The number of hydrogen-bond donors (Lipinski definition) is 1. The molecular weight excluding hydrogens is 225 g/mol. The lowest BCUT2D eigenvalue weighted by molar-refractivity contribution is 0.0989. The van der Waals surface area contributed by atoms with Crippen LogP contribution in [-0.4, -0.2) is 33.6 Å². The predicted molar refractivity (Wildman–Crippen MR) is 61.9 cm³/mol. The van der Waals surface area contributed by atoms with Crippen LogP contribution in [0.2, 0.25) is 0 Å². The van der Waals surface area contributed by atoms with Crippen molar-refractivity contribution in [2.24, 2.45) is 0 Å². The van der Waals surface area contributed by atoms with Crippen LogP contribution in [0.5, 0.6) is 5.75 Å². The summed E-state index contributed by atoms with van der Waals surface area (Å²) >= 11 is 0. The molecule has 1 aromatic carbocycles. The molecule has 0 aromatic heterocycles. The molecule has 0 spiro atoms. The Bertz CT molecular complexity index is 407. The van der Waals surface area contributed by atoms with Gasteiger partial charge in [-0.3, -0.25) is 4.79 Å². The SMILES string of the molecule is CNCC(=O)c1cc(COC)cc(F)c1OC. The van der Waals surface area contributed by atoms with Gasteiger partial charge in [-0.25, -0.2) is 4.39 Å². The van der Waals surface area contributed by atoms with Crippen molar-refractivity contribution in [1.82, 2.24) is 5.32 Å². The largest absolute Gasteiger partial charge is 0.493 e. The van der Waals surface area contributed by atoms with Crippen molar-refractivity contribution in [3.63, 3.8) is 0 Å². The Morgan fingerprint density at radius 3 is 2.65 bits per heavy atom. The number of rotatable bonds is 6. The summed E-state index contributed by atoms with van der Waals surface area (Å²) in [7, 11) is 4.50. The van der Waals surface area contributed by atoms with Gasteiger partial charge >= 0.3 is 0 Å². The van der Waals surface area contributed by atoms with E-state index in [4.69, 9.17) is 9.47 Å². The zero-order valence-corrected chi connectivity index (χ0v) is 10.2. The molecule has 0 fully saturated rings. The van der Waals surface area contributed by atoms with Crippen LogP contribution in [-0.2, 0) is 11.3 Å². The summed E-state index contributed by atoms with van der Waals surface area (Å²) in [5.41, 5.74) is 0.833. The van der Waals surface area contributed by atoms with Gasteiger partial charge in [-0.2, -0.15) is 0 Å². The van der Waals surface area contributed by atoms with Crippen molar-refractivity contribution < 1.29 is 18.7 Å². The van der Waals surface area contributed by atoms with Crippen molar-refractivity contribution in [1.29, 1.82) is 0 Å². The number of ketones is 1. The maximum atomic E-state index is 13.7. The normalized spacial score (nSPS) is 10.4. The molecule has 0 aliphatic heterocycles. The van der Waals surface area contributed by atoms with Crippen molar-refractivity contribution in [3.05, 3.63) is 29.1 Å². The second-order valence-electron chi connectivity index (χ2n) is 3.54. The smallest absolute Gasteiger partial charge is 0.180 e. The Morgan fingerprint density at radius 2 is 2.12 bits per heavy atom. The summed E-state index contributed by atoms with van der Waals surface area (Å²) in [5, 5.41) is 2.73. The Kier molecular flexibility index (Phi) is 5.06. The molecule has 17 heavy (non-hydrogen) atoms. The van der Waals surface area contributed by atoms with Gasteiger partial charge in [-0.05, 0) is 24.7 Å². The van der Waals surface area contributed by atoms with Gasteiger partial charge in [-0.15, -0.1) is 0 Å². The van der Waals surface area contributed by atoms with E-state index < -0.39 is 5.82 Å². The van der Waals surface area contributed by atoms with Crippen molar-refractivity contribution in [2.45, 2.75) is 6.61 Å². The third kappa shape index (κ3) is 3.25. The number of ether oxygens (including phenoxy) is 2. The minimum Gasteiger partial charge on any atom is -0.493 e. The molecule has 0 aliphatic rings. The van der Waals surface area contributed by atoms with Gasteiger partial charge in [0.15, 0.2) is 17.3 Å². The highest BCUT2D eigenvalue weighted by Gasteiger charge is 2.17. The molecule has 0 saturated carbocycles. The summed E-state index contributed by atoms with van der Waals surface area (Å²) in [5.74, 6) is -0.798. The summed E-state index contributed by atoms with van der Waals surface area (Å²) in [6.45, 7) is 0.382. The zero-order chi connectivity index (χ0) is 12.8. The molecule has 1 N–H and O–H groups in total. The fourth-order valence-corrected chi connectivity index (χ4v) is 1.57. The Morgan fingerprint density at radius 1 is 1.41 bits per heavy atom. The number of hydrogen-bond acceptors (Lipinski definition) is 4. The van der Waals surface area contributed by atoms with Crippen LogP contribution in [0.1, 0.15) is 15.9 Å². The van der Waals surface area contributed by atoms with E-state index >= 15 is 0 Å². The first-order valence-electron chi connectivity index (χ1n) is 5.17. The maximum Gasteiger partial charge on any atom is 0.180 e. The molecule has 1 rings (SSSR count). The fourth-order valence-electron chi connectivity index (χ4n) is 1.57. The standard InChI is InChI=1S/C12H16FNO3/c1-14-6-11(15)9-4-8(7-16-2)5-10(13)12(9)17-3/h4-5,14H,6-7H2,1-3H3. The number of Topliss-reactive ketones (excluding diaryl/α,β-unsaturated/α-hetero) is 1. The van der Waals surface area contributed by atoms with E-state index in [2.05, 4.69) is 5.32 Å². The maximum absolute atomic E-state index is 13.7. The van der Waals surface area contributed by atoms with Crippen molar-refractivity contribution in [3.8, 4) is 5.75 Å². The van der Waals surface area contributed by atoms with Crippen LogP contribution >= 0.6 is 0 Å². The average molecular weight is 241 g/mol. The van der Waals surface area contributed by atoms with Gasteiger partial charge in [0.05, 0.1) is 25.8 Å². The molecule has 0 radical (unpaired) electrons. The number of likely N-dealkylation sites (N-methyl/N-ethyl adjacent to an activating group) is 1. The van der Waals surface area contributed by atoms with Crippen LogP contribution in [0.3, 0.4) is 0 Å². The van der Waals surface area contributed by atoms with Crippen molar-refractivity contribution >= 4 is 5.78 Å². The molecule has 94 valence electrons. The first kappa shape index (κ1) is 13.6. The molecule has 0 amide bonds. The lowest BCUT2D eigenvalue weighted by Gasteiger charge is -2.11. The van der Waals surface area contributed by atoms with Crippen LogP contribution in [0.4, 0.5) is 4.39 Å². The van der Waals surface area contributed by atoms with Crippen molar-refractivity contribution in [2.75, 3.05) is 27.8 Å². The minimum atomic E-state index is -0.554. The average Bonchev–Trinajstić information content (AvgIpc) is 2.29. The summed E-state index contributed by atoms with van der Waals surface area (Å²) in [6, 6.07) is 2.89. The summed E-state index contributed by atoms with van der Waals surface area (Å²) in [6.07, 6.45) is 0. The van der Waals surface area contributed by atoms with E-state index in [0.29, 0.717) is 5.56 Å². The molecule has 0 atom stereocenters. The van der Waals surface area contributed by atoms with Gasteiger partial charge in [0, 0.05) is 7.11 Å². The van der Waals surface area contributed by atoms with Crippen LogP contribution in [0.15, 0.2) is 12.1 Å². The van der Waals surface area contributed by atoms with E-state index in [0.717, 1.165) is 0 Å². The lowest BCUT2D eigenvalue weighted by atomic mass is 10.1. The van der Waals surface area contributed by atoms with E-state index in [1.807, 2.05) is 0 Å². The number of benzene rings is 1. The Hall–Kier alpha value is -1.46. The van der Waals surface area contributed by atoms with E-state index in [9.17, 15) is 9.18 Å². The van der Waals surface area contributed by atoms with Crippen LogP contribution in [0.25, 0.3) is 0 Å². The molecule has 0 bridgehead atoms. The third-order valence-electron chi connectivity index (χ3n) is 2.26. The highest BCUT2D eigenvalue weighted by atomic mass is 19.1. The van der Waals surface area contributed by atoms with Gasteiger partial charge < -0.3 is 14.8 Å². The molecule has 1 aromatic rings. The van der Waals surface area contributed by atoms with E-state index in [1.54, 1.807) is 13.1 Å². The third-order valence-corrected chi connectivity index (χ3v) is 2.26. The fraction of sp³-hybridized carbons (Fsp3) is 0.417. The summed E-state index contributed by atoms with van der Waals surface area (Å²) < 4.78 is 23.5. The highest BCUT2D eigenvalue weighted by molar-refractivity contribution is 6.00. The first-order chi connectivity index (χ1) is 8.13. The monoisotopic (exact) mass is 241 g/mol. The topological polar surface area (TPSA) is 47.6 Å². The molecule has 0 saturated heterocycles. The van der Waals surface area contributed by atoms with Crippen LogP contribution in [0, 0.1) is 5.82 Å². The minimum absolute atomic E-state index is 0.0231.